The van der Waals surface area contributed by atoms with Crippen molar-refractivity contribution in [1.29, 1.82) is 0 Å². The Balaban J connectivity index is 1.20. The zero-order chi connectivity index (χ0) is 19.1. The van der Waals surface area contributed by atoms with Gasteiger partial charge in [-0.2, -0.15) is 4.37 Å². The molecule has 3 heterocycles. The van der Waals surface area contributed by atoms with Crippen molar-refractivity contribution in [1.82, 2.24) is 9.27 Å². The van der Waals surface area contributed by atoms with Gasteiger partial charge in [-0.25, -0.2) is 0 Å². The van der Waals surface area contributed by atoms with Crippen LogP contribution in [0, 0.1) is 0 Å². The number of fused-ring (bicyclic) bond motifs is 2. The van der Waals surface area contributed by atoms with E-state index in [0.29, 0.717) is 6.42 Å². The molecule has 1 N–H and O–H groups in total. The van der Waals surface area contributed by atoms with Gasteiger partial charge in [0, 0.05) is 48.8 Å². The maximum absolute atomic E-state index is 11.6. The minimum Gasteiger partial charge on any atom is -0.353 e. The zero-order valence-corrected chi connectivity index (χ0v) is 17.0. The lowest BCUT2D eigenvalue weighted by atomic mass is 10.1. The Labute approximate surface area is 173 Å². The van der Waals surface area contributed by atoms with Crippen molar-refractivity contribution in [2.75, 3.05) is 42.9 Å². The first-order valence-corrected chi connectivity index (χ1v) is 10.8. The summed E-state index contributed by atoms with van der Waals surface area (Å²) in [6.07, 6.45) is 1.32. The highest BCUT2D eigenvalue weighted by molar-refractivity contribution is 7.13. The number of nitrogens with zero attached hydrogens (tertiary/aromatic N) is 3. The highest BCUT2D eigenvalue weighted by atomic mass is 35.5. The number of hydrogen-bond donors (Lipinski definition) is 1. The van der Waals surface area contributed by atoms with E-state index in [1.54, 1.807) is 11.5 Å². The van der Waals surface area contributed by atoms with Gasteiger partial charge in [-0.3, -0.25) is 9.69 Å². The molecule has 144 valence electrons. The minimum absolute atomic E-state index is 0.0499. The number of benzene rings is 2. The fourth-order valence-electron chi connectivity index (χ4n) is 4.04. The van der Waals surface area contributed by atoms with E-state index in [1.165, 1.54) is 10.1 Å². The van der Waals surface area contributed by atoms with E-state index in [0.717, 1.165) is 66.8 Å². The number of anilines is 2. The van der Waals surface area contributed by atoms with Crippen molar-refractivity contribution in [3.8, 4) is 0 Å². The summed E-state index contributed by atoms with van der Waals surface area (Å²) in [7, 11) is 0. The van der Waals surface area contributed by atoms with Crippen LogP contribution in [0.1, 0.15) is 11.1 Å². The van der Waals surface area contributed by atoms with Crippen LogP contribution in [0.5, 0.6) is 0 Å². The van der Waals surface area contributed by atoms with E-state index in [-0.39, 0.29) is 5.91 Å². The Morgan fingerprint density at radius 1 is 1.14 bits per heavy atom. The molecular weight excluding hydrogens is 392 g/mol. The van der Waals surface area contributed by atoms with Crippen LogP contribution in [0.15, 0.2) is 36.4 Å². The lowest BCUT2D eigenvalue weighted by molar-refractivity contribution is -0.115. The second-order valence-corrected chi connectivity index (χ2v) is 8.62. The molecular formula is C21H21ClN4OS. The van der Waals surface area contributed by atoms with E-state index < -0.39 is 0 Å². The Morgan fingerprint density at radius 2 is 1.96 bits per heavy atom. The van der Waals surface area contributed by atoms with Crippen molar-refractivity contribution in [2.24, 2.45) is 0 Å². The van der Waals surface area contributed by atoms with Gasteiger partial charge in [0.1, 0.15) is 5.82 Å². The maximum atomic E-state index is 11.6. The molecule has 1 amide bonds. The molecule has 0 spiro atoms. The SMILES string of the molecule is O=C1Cc2cc(Cl)c(CCN3CCN(c4nsc5ccccc45)CC3)cc2N1. The van der Waals surface area contributed by atoms with Gasteiger partial charge in [0.25, 0.3) is 0 Å². The van der Waals surface area contributed by atoms with Crippen molar-refractivity contribution in [3.05, 3.63) is 52.5 Å². The van der Waals surface area contributed by atoms with E-state index in [4.69, 9.17) is 11.6 Å². The fraction of sp³-hybridized carbons (Fsp3) is 0.333. The summed E-state index contributed by atoms with van der Waals surface area (Å²) in [5.41, 5.74) is 3.03. The van der Waals surface area contributed by atoms with Gasteiger partial charge < -0.3 is 10.2 Å². The fourth-order valence-corrected chi connectivity index (χ4v) is 5.12. The number of nitrogens with one attached hydrogen (secondary N) is 1. The van der Waals surface area contributed by atoms with Gasteiger partial charge in [-0.05, 0) is 53.3 Å². The van der Waals surface area contributed by atoms with Gasteiger partial charge >= 0.3 is 0 Å². The third kappa shape index (κ3) is 3.36. The van der Waals surface area contributed by atoms with Crippen LogP contribution in [0.4, 0.5) is 11.5 Å². The number of carbonyl (C=O) groups excluding carboxylic acids is 1. The van der Waals surface area contributed by atoms with E-state index in [9.17, 15) is 4.79 Å². The second-order valence-electron chi connectivity index (χ2n) is 7.41. The molecule has 1 fully saturated rings. The summed E-state index contributed by atoms with van der Waals surface area (Å²) in [5.74, 6) is 1.17. The highest BCUT2D eigenvalue weighted by Gasteiger charge is 2.22. The molecule has 0 bridgehead atoms. The molecule has 0 atom stereocenters. The van der Waals surface area contributed by atoms with Crippen molar-refractivity contribution < 1.29 is 4.79 Å². The molecule has 3 aromatic rings. The third-order valence-corrected chi connectivity index (χ3v) is 6.79. The molecule has 2 aromatic carbocycles. The van der Waals surface area contributed by atoms with Crippen LogP contribution >= 0.6 is 23.1 Å². The normalized spacial score (nSPS) is 17.2. The summed E-state index contributed by atoms with van der Waals surface area (Å²) in [4.78, 5) is 16.4. The summed E-state index contributed by atoms with van der Waals surface area (Å²) < 4.78 is 5.93. The number of aromatic nitrogens is 1. The quantitative estimate of drug-likeness (QED) is 0.707. The van der Waals surface area contributed by atoms with Crippen LogP contribution in [-0.2, 0) is 17.6 Å². The molecule has 28 heavy (non-hydrogen) atoms. The van der Waals surface area contributed by atoms with Gasteiger partial charge in [0.05, 0.1) is 11.1 Å². The largest absolute Gasteiger partial charge is 0.353 e. The molecule has 1 saturated heterocycles. The van der Waals surface area contributed by atoms with Crippen molar-refractivity contribution in [3.63, 3.8) is 0 Å². The number of rotatable bonds is 4. The Morgan fingerprint density at radius 3 is 2.82 bits per heavy atom. The first-order chi connectivity index (χ1) is 13.7. The molecule has 7 heteroatoms. The Hall–Kier alpha value is -2.15. The summed E-state index contributed by atoms with van der Waals surface area (Å²) in [5, 5.41) is 4.94. The number of piperazine rings is 1. The maximum Gasteiger partial charge on any atom is 0.228 e. The number of carbonyl (C=O) groups is 1. The molecule has 0 unspecified atom stereocenters. The van der Waals surface area contributed by atoms with Gasteiger partial charge in [0.15, 0.2) is 0 Å². The zero-order valence-electron chi connectivity index (χ0n) is 15.4. The second kappa shape index (κ2) is 7.35. The van der Waals surface area contributed by atoms with Crippen LogP contribution < -0.4 is 10.2 Å². The van der Waals surface area contributed by atoms with E-state index in [2.05, 4.69) is 43.8 Å². The number of amides is 1. The van der Waals surface area contributed by atoms with Crippen LogP contribution in [0.3, 0.4) is 0 Å². The summed E-state index contributed by atoms with van der Waals surface area (Å²) in [6.45, 7) is 4.98. The third-order valence-electron chi connectivity index (χ3n) is 5.62. The van der Waals surface area contributed by atoms with Gasteiger partial charge in [-0.1, -0.05) is 23.7 Å². The first-order valence-electron chi connectivity index (χ1n) is 9.60. The van der Waals surface area contributed by atoms with Gasteiger partial charge in [-0.15, -0.1) is 0 Å². The standard InChI is InChI=1S/C21H21ClN4OS/c22-17-11-15-13-20(27)23-18(15)12-14(17)5-6-25-7-9-26(10-8-25)21-16-3-1-2-4-19(16)28-24-21/h1-4,11-12H,5-10,13H2,(H,23,27). The lowest BCUT2D eigenvalue weighted by Crippen LogP contribution is -2.47. The Bertz CT molecular complexity index is 1040. The van der Waals surface area contributed by atoms with Crippen molar-refractivity contribution in [2.45, 2.75) is 12.8 Å². The van der Waals surface area contributed by atoms with Gasteiger partial charge in [0.2, 0.25) is 5.91 Å². The smallest absolute Gasteiger partial charge is 0.228 e. The molecule has 1 aromatic heterocycles. The molecule has 2 aliphatic rings. The predicted octanol–water partition coefficient (Wildman–Crippen LogP) is 3.81. The number of hydrogen-bond acceptors (Lipinski definition) is 5. The van der Waals surface area contributed by atoms with E-state index in [1.807, 2.05) is 12.1 Å². The Kier molecular flexibility index (Phi) is 4.70. The highest BCUT2D eigenvalue weighted by Crippen LogP contribution is 2.31. The minimum atomic E-state index is 0.0499. The summed E-state index contributed by atoms with van der Waals surface area (Å²) >= 11 is 8.02. The number of halogens is 1. The topological polar surface area (TPSA) is 48.5 Å². The molecule has 5 rings (SSSR count). The molecule has 0 aliphatic carbocycles. The average molecular weight is 413 g/mol. The summed E-state index contributed by atoms with van der Waals surface area (Å²) in [6, 6.07) is 12.4. The van der Waals surface area contributed by atoms with Crippen molar-refractivity contribution >= 4 is 50.6 Å². The molecule has 2 aliphatic heterocycles. The van der Waals surface area contributed by atoms with Crippen LogP contribution in [0.25, 0.3) is 10.1 Å². The van der Waals surface area contributed by atoms with Crippen LogP contribution in [-0.4, -0.2) is 47.9 Å². The first kappa shape index (κ1) is 17.9. The van der Waals surface area contributed by atoms with Crippen LogP contribution in [0.2, 0.25) is 5.02 Å². The monoisotopic (exact) mass is 412 g/mol. The van der Waals surface area contributed by atoms with E-state index >= 15 is 0 Å². The molecule has 0 radical (unpaired) electrons. The average Bonchev–Trinajstić information content (AvgIpc) is 3.29. The molecule has 5 nitrogen and oxygen atoms in total. The molecule has 0 saturated carbocycles. The predicted molar refractivity (Wildman–Crippen MR) is 116 cm³/mol. The lowest BCUT2D eigenvalue weighted by Gasteiger charge is -2.35.